The minimum atomic E-state index is 0.285. The van der Waals surface area contributed by atoms with E-state index in [0.29, 0.717) is 6.42 Å². The van der Waals surface area contributed by atoms with Crippen molar-refractivity contribution >= 4 is 5.78 Å². The van der Waals surface area contributed by atoms with E-state index in [1.54, 1.807) is 6.92 Å². The van der Waals surface area contributed by atoms with Crippen LogP contribution in [-0.4, -0.2) is 5.78 Å². The Morgan fingerprint density at radius 2 is 1.19 bits per heavy atom. The molecule has 21 heavy (non-hydrogen) atoms. The lowest BCUT2D eigenvalue weighted by Gasteiger charge is -2.05. The van der Waals surface area contributed by atoms with Crippen LogP contribution in [0, 0.1) is 0 Å². The van der Waals surface area contributed by atoms with E-state index in [4.69, 9.17) is 0 Å². The summed E-state index contributed by atoms with van der Waals surface area (Å²) in [5.41, 5.74) is 4.16. The summed E-state index contributed by atoms with van der Waals surface area (Å²) >= 11 is 0. The van der Waals surface area contributed by atoms with Gasteiger partial charge in [-0.2, -0.15) is 0 Å². The Bertz CT molecular complexity index is 540. The van der Waals surface area contributed by atoms with Crippen molar-refractivity contribution in [1.82, 2.24) is 0 Å². The van der Waals surface area contributed by atoms with Crippen molar-refractivity contribution in [2.75, 3.05) is 0 Å². The zero-order chi connectivity index (χ0) is 14.9. The Morgan fingerprint density at radius 1 is 0.714 bits per heavy atom. The number of ketones is 1. The molecule has 0 amide bonds. The van der Waals surface area contributed by atoms with E-state index < -0.39 is 0 Å². The third kappa shape index (κ3) is 5.95. The molecule has 2 rings (SSSR count). The van der Waals surface area contributed by atoms with Crippen molar-refractivity contribution in [3.8, 4) is 0 Å². The molecular weight excluding hydrogens is 256 g/mol. The van der Waals surface area contributed by atoms with Crippen LogP contribution in [0.25, 0.3) is 0 Å². The minimum Gasteiger partial charge on any atom is -0.300 e. The molecule has 1 heteroatoms. The van der Waals surface area contributed by atoms with Crippen LogP contribution in [0.1, 0.15) is 42.9 Å². The van der Waals surface area contributed by atoms with Gasteiger partial charge in [0.2, 0.25) is 0 Å². The summed E-state index contributed by atoms with van der Waals surface area (Å²) in [6.07, 6.45) is 6.11. The fraction of sp³-hybridized carbons (Fsp3) is 0.350. The van der Waals surface area contributed by atoms with Gasteiger partial charge in [0.1, 0.15) is 5.78 Å². The summed E-state index contributed by atoms with van der Waals surface area (Å²) in [4.78, 5) is 10.9. The molecule has 2 aromatic rings. The standard InChI is InChI=1S/C20H24O/c1-17(21)7-5-10-19-13-15-20(16-14-19)12-6-11-18-8-3-2-4-9-18/h2-4,8-9,13-16H,5-7,10-12H2,1H3. The molecule has 0 N–H and O–H groups in total. The van der Waals surface area contributed by atoms with Gasteiger partial charge in [-0.3, -0.25) is 0 Å². The molecule has 1 nitrogen and oxygen atoms in total. The Kier molecular flexibility index (Phi) is 6.21. The Labute approximate surface area is 128 Å². The highest BCUT2D eigenvalue weighted by atomic mass is 16.1. The monoisotopic (exact) mass is 280 g/mol. The van der Waals surface area contributed by atoms with E-state index in [9.17, 15) is 4.79 Å². The largest absolute Gasteiger partial charge is 0.300 e. The quantitative estimate of drug-likeness (QED) is 0.680. The predicted octanol–water partition coefficient (Wildman–Crippen LogP) is 4.77. The maximum absolute atomic E-state index is 10.9. The first kappa shape index (κ1) is 15.5. The highest BCUT2D eigenvalue weighted by Crippen LogP contribution is 2.11. The van der Waals surface area contributed by atoms with Crippen LogP contribution in [0.5, 0.6) is 0 Å². The molecule has 2 aromatic carbocycles. The van der Waals surface area contributed by atoms with Gasteiger partial charge in [0, 0.05) is 6.42 Å². The van der Waals surface area contributed by atoms with Crippen LogP contribution < -0.4 is 0 Å². The third-order valence-corrected chi connectivity index (χ3v) is 3.79. The molecule has 0 fully saturated rings. The fourth-order valence-corrected chi connectivity index (χ4v) is 2.56. The lowest BCUT2D eigenvalue weighted by molar-refractivity contribution is -0.117. The average molecular weight is 280 g/mol. The van der Waals surface area contributed by atoms with Crippen molar-refractivity contribution in [2.45, 2.75) is 45.4 Å². The molecule has 110 valence electrons. The van der Waals surface area contributed by atoms with Gasteiger partial charge in [-0.25, -0.2) is 0 Å². The first-order valence-electron chi connectivity index (χ1n) is 7.85. The number of rotatable bonds is 8. The number of Topliss-reactive ketones (excluding diaryl/α,β-unsaturated/α-hetero) is 1. The van der Waals surface area contributed by atoms with E-state index >= 15 is 0 Å². The highest BCUT2D eigenvalue weighted by Gasteiger charge is 1.98. The van der Waals surface area contributed by atoms with E-state index in [0.717, 1.165) is 25.7 Å². The predicted molar refractivity (Wildman–Crippen MR) is 88.5 cm³/mol. The maximum atomic E-state index is 10.9. The SMILES string of the molecule is CC(=O)CCCc1ccc(CCCc2ccccc2)cc1. The molecule has 0 heterocycles. The van der Waals surface area contributed by atoms with Gasteiger partial charge in [0.25, 0.3) is 0 Å². The van der Waals surface area contributed by atoms with Crippen LogP contribution in [0.15, 0.2) is 54.6 Å². The molecule has 0 aromatic heterocycles. The summed E-state index contributed by atoms with van der Waals surface area (Å²) < 4.78 is 0. The van der Waals surface area contributed by atoms with Gasteiger partial charge < -0.3 is 4.79 Å². The van der Waals surface area contributed by atoms with Crippen molar-refractivity contribution in [1.29, 1.82) is 0 Å². The first-order chi connectivity index (χ1) is 10.2. The summed E-state index contributed by atoms with van der Waals surface area (Å²) in [5, 5.41) is 0. The molecule has 0 bridgehead atoms. The van der Waals surface area contributed by atoms with Crippen LogP contribution in [-0.2, 0) is 24.1 Å². The van der Waals surface area contributed by atoms with Gasteiger partial charge >= 0.3 is 0 Å². The van der Waals surface area contributed by atoms with E-state index in [1.165, 1.54) is 23.1 Å². The molecule has 0 saturated heterocycles. The summed E-state index contributed by atoms with van der Waals surface area (Å²) in [5.74, 6) is 0.285. The Balaban J connectivity index is 1.73. The van der Waals surface area contributed by atoms with Crippen LogP contribution in [0.2, 0.25) is 0 Å². The summed E-state index contributed by atoms with van der Waals surface area (Å²) in [6.45, 7) is 1.66. The molecule has 0 radical (unpaired) electrons. The molecule has 0 saturated carbocycles. The third-order valence-electron chi connectivity index (χ3n) is 3.79. The Morgan fingerprint density at radius 3 is 1.71 bits per heavy atom. The van der Waals surface area contributed by atoms with Crippen molar-refractivity contribution in [2.24, 2.45) is 0 Å². The number of hydrogen-bond donors (Lipinski definition) is 0. The van der Waals surface area contributed by atoms with E-state index in [-0.39, 0.29) is 5.78 Å². The van der Waals surface area contributed by atoms with Crippen LogP contribution in [0.4, 0.5) is 0 Å². The number of benzene rings is 2. The van der Waals surface area contributed by atoms with E-state index in [1.807, 2.05) is 0 Å². The second-order valence-corrected chi connectivity index (χ2v) is 5.71. The zero-order valence-corrected chi connectivity index (χ0v) is 12.8. The van der Waals surface area contributed by atoms with Gasteiger partial charge in [-0.15, -0.1) is 0 Å². The lowest BCUT2D eigenvalue weighted by Crippen LogP contribution is -1.94. The second kappa shape index (κ2) is 8.41. The zero-order valence-electron chi connectivity index (χ0n) is 12.8. The lowest BCUT2D eigenvalue weighted by atomic mass is 10.0. The van der Waals surface area contributed by atoms with Gasteiger partial charge in [-0.05, 0) is 55.7 Å². The molecular formula is C20H24O. The molecule has 0 atom stereocenters. The van der Waals surface area contributed by atoms with Crippen molar-refractivity contribution in [3.05, 3.63) is 71.3 Å². The highest BCUT2D eigenvalue weighted by molar-refractivity contribution is 5.75. The molecule has 0 aliphatic heterocycles. The van der Waals surface area contributed by atoms with Crippen molar-refractivity contribution < 1.29 is 4.79 Å². The van der Waals surface area contributed by atoms with Crippen molar-refractivity contribution in [3.63, 3.8) is 0 Å². The van der Waals surface area contributed by atoms with Crippen LogP contribution in [0.3, 0.4) is 0 Å². The first-order valence-corrected chi connectivity index (χ1v) is 7.85. The number of carbonyl (C=O) groups excluding carboxylic acids is 1. The fourth-order valence-electron chi connectivity index (χ4n) is 2.56. The molecule has 0 unspecified atom stereocenters. The molecule has 0 spiro atoms. The number of aryl methyl sites for hydroxylation is 3. The van der Waals surface area contributed by atoms with Gasteiger partial charge in [0.05, 0.1) is 0 Å². The minimum absolute atomic E-state index is 0.285. The second-order valence-electron chi connectivity index (χ2n) is 5.71. The smallest absolute Gasteiger partial charge is 0.129 e. The molecule has 0 aliphatic carbocycles. The molecule has 0 aliphatic rings. The average Bonchev–Trinajstić information content (AvgIpc) is 2.50. The maximum Gasteiger partial charge on any atom is 0.129 e. The van der Waals surface area contributed by atoms with Gasteiger partial charge in [-0.1, -0.05) is 54.6 Å². The topological polar surface area (TPSA) is 17.1 Å². The normalized spacial score (nSPS) is 10.5. The summed E-state index contributed by atoms with van der Waals surface area (Å²) in [7, 11) is 0. The Hall–Kier alpha value is -1.89. The van der Waals surface area contributed by atoms with Gasteiger partial charge in [0.15, 0.2) is 0 Å². The van der Waals surface area contributed by atoms with Crippen LogP contribution >= 0.6 is 0 Å². The number of hydrogen-bond acceptors (Lipinski definition) is 1. The number of carbonyl (C=O) groups is 1. The van der Waals surface area contributed by atoms with E-state index in [2.05, 4.69) is 54.6 Å². The summed E-state index contributed by atoms with van der Waals surface area (Å²) in [6, 6.07) is 19.5.